The summed E-state index contributed by atoms with van der Waals surface area (Å²) in [4.78, 5) is 0. The SMILES string of the molecule is C/C(C=N)=C(\C[SH2+])C(C)C. The van der Waals surface area contributed by atoms with Gasteiger partial charge in [-0.3, -0.25) is 0 Å². The molecule has 0 aromatic rings. The fourth-order valence-corrected chi connectivity index (χ4v) is 1.58. The normalized spacial score (nSPS) is 13.3. The van der Waals surface area contributed by atoms with E-state index in [1.165, 1.54) is 11.8 Å². The molecule has 0 aliphatic carbocycles. The first-order valence-corrected chi connectivity index (χ1v) is 4.18. The third-order valence-corrected chi connectivity index (χ3v) is 1.99. The molecule has 0 amide bonds. The summed E-state index contributed by atoms with van der Waals surface area (Å²) >= 11 is 3.44. The molecule has 0 radical (unpaired) electrons. The van der Waals surface area contributed by atoms with Gasteiger partial charge >= 0.3 is 0 Å². The lowest BCUT2D eigenvalue weighted by Crippen LogP contribution is -2.01. The summed E-state index contributed by atoms with van der Waals surface area (Å²) in [5.74, 6) is 1.41. The van der Waals surface area contributed by atoms with Gasteiger partial charge in [-0.25, -0.2) is 0 Å². The van der Waals surface area contributed by atoms with Crippen molar-refractivity contribution in [3.63, 3.8) is 0 Å². The van der Waals surface area contributed by atoms with E-state index in [0.29, 0.717) is 5.92 Å². The fraction of sp³-hybridized carbons (Fsp3) is 0.625. The Hall–Kier alpha value is -0.240. The van der Waals surface area contributed by atoms with Crippen molar-refractivity contribution in [1.82, 2.24) is 0 Å². The Morgan fingerprint density at radius 3 is 2.20 bits per heavy atom. The molecule has 0 fully saturated rings. The van der Waals surface area contributed by atoms with Gasteiger partial charge in [0.15, 0.2) is 0 Å². The second kappa shape index (κ2) is 4.56. The molecule has 1 nitrogen and oxygen atoms in total. The van der Waals surface area contributed by atoms with Gasteiger partial charge in [0.2, 0.25) is 0 Å². The molecule has 1 N–H and O–H groups in total. The van der Waals surface area contributed by atoms with Crippen LogP contribution in [0.3, 0.4) is 0 Å². The van der Waals surface area contributed by atoms with Crippen molar-refractivity contribution in [3.05, 3.63) is 11.1 Å². The topological polar surface area (TPSA) is 23.9 Å². The molecule has 0 rings (SSSR count). The average molecular weight is 158 g/mol. The molecule has 10 heavy (non-hydrogen) atoms. The summed E-state index contributed by atoms with van der Waals surface area (Å²) in [6.45, 7) is 6.26. The molecule has 0 spiro atoms. The third-order valence-electron chi connectivity index (χ3n) is 1.61. The molecule has 0 aromatic carbocycles. The van der Waals surface area contributed by atoms with Crippen molar-refractivity contribution in [1.29, 1.82) is 5.41 Å². The van der Waals surface area contributed by atoms with Gasteiger partial charge in [-0.2, -0.15) is 0 Å². The summed E-state index contributed by atoms with van der Waals surface area (Å²) in [5, 5.41) is 7.03. The quantitative estimate of drug-likeness (QED) is 0.477. The van der Waals surface area contributed by atoms with E-state index < -0.39 is 0 Å². The van der Waals surface area contributed by atoms with Crippen molar-refractivity contribution >= 4 is 18.8 Å². The smallest absolute Gasteiger partial charge is 0.125 e. The second-order valence-electron chi connectivity index (χ2n) is 2.68. The van der Waals surface area contributed by atoms with Gasteiger partial charge in [-0.15, -0.1) is 0 Å². The molecule has 0 unspecified atom stereocenters. The predicted octanol–water partition coefficient (Wildman–Crippen LogP) is 1.62. The highest BCUT2D eigenvalue weighted by atomic mass is 32.1. The Morgan fingerprint density at radius 2 is 2.10 bits per heavy atom. The van der Waals surface area contributed by atoms with Crippen LogP contribution in [-0.2, 0) is 12.6 Å². The summed E-state index contributed by atoms with van der Waals surface area (Å²) in [5.41, 5.74) is 2.39. The molecule has 58 valence electrons. The van der Waals surface area contributed by atoms with Crippen LogP contribution in [0, 0.1) is 11.3 Å². The van der Waals surface area contributed by atoms with E-state index >= 15 is 0 Å². The monoisotopic (exact) mass is 158 g/mol. The van der Waals surface area contributed by atoms with E-state index in [1.807, 2.05) is 6.92 Å². The van der Waals surface area contributed by atoms with Crippen LogP contribution in [-0.4, -0.2) is 12.0 Å². The Labute approximate surface area is 68.4 Å². The highest BCUT2D eigenvalue weighted by molar-refractivity contribution is 7.58. The standard InChI is InChI=1S/C8H15NS/c1-6(2)8(5-10)7(3)4-9/h4,6,9-10H,5H2,1-3H3/p+1/b8-7-,9-4?. The van der Waals surface area contributed by atoms with E-state index in [1.54, 1.807) is 0 Å². The van der Waals surface area contributed by atoms with Gasteiger partial charge in [0.05, 0.1) is 0 Å². The summed E-state index contributed by atoms with van der Waals surface area (Å²) in [7, 11) is 0. The molecule has 0 saturated carbocycles. The molecule has 0 atom stereocenters. The van der Waals surface area contributed by atoms with Gasteiger partial charge in [0.25, 0.3) is 0 Å². The van der Waals surface area contributed by atoms with Crippen LogP contribution >= 0.6 is 0 Å². The Balaban J connectivity index is 4.45. The number of rotatable bonds is 3. The molecule has 0 aromatic heterocycles. The first-order valence-electron chi connectivity index (χ1n) is 3.48. The lowest BCUT2D eigenvalue weighted by Gasteiger charge is -2.06. The molecule has 0 saturated heterocycles. The predicted molar refractivity (Wildman–Crippen MR) is 51.3 cm³/mol. The molecular weight excluding hydrogens is 142 g/mol. The minimum Gasteiger partial charge on any atom is -0.308 e. The van der Waals surface area contributed by atoms with Crippen LogP contribution < -0.4 is 0 Å². The summed E-state index contributed by atoms with van der Waals surface area (Å²) in [6.07, 6.45) is 1.41. The van der Waals surface area contributed by atoms with Crippen molar-refractivity contribution < 1.29 is 0 Å². The Morgan fingerprint density at radius 1 is 1.60 bits per heavy atom. The van der Waals surface area contributed by atoms with Crippen LogP contribution in [0.5, 0.6) is 0 Å². The van der Waals surface area contributed by atoms with Gasteiger partial charge in [0.1, 0.15) is 5.75 Å². The molecule has 0 heterocycles. The lowest BCUT2D eigenvalue weighted by molar-refractivity contribution is 0.767. The van der Waals surface area contributed by atoms with Crippen molar-refractivity contribution in [2.45, 2.75) is 20.8 Å². The summed E-state index contributed by atoms with van der Waals surface area (Å²) in [6, 6.07) is 0. The molecule has 0 aliphatic heterocycles. The van der Waals surface area contributed by atoms with Gasteiger partial charge in [-0.1, -0.05) is 13.8 Å². The van der Waals surface area contributed by atoms with E-state index in [9.17, 15) is 0 Å². The van der Waals surface area contributed by atoms with E-state index in [-0.39, 0.29) is 0 Å². The fourth-order valence-electron chi connectivity index (χ4n) is 0.892. The average Bonchev–Trinajstić information content (AvgIpc) is 1.88. The number of hydrogen-bond acceptors (Lipinski definition) is 1. The lowest BCUT2D eigenvalue weighted by atomic mass is 10.0. The van der Waals surface area contributed by atoms with E-state index in [4.69, 9.17) is 5.41 Å². The van der Waals surface area contributed by atoms with E-state index in [2.05, 4.69) is 26.5 Å². The third kappa shape index (κ3) is 2.56. The first kappa shape index (κ1) is 9.76. The zero-order valence-corrected chi connectivity index (χ0v) is 7.86. The maximum absolute atomic E-state index is 7.03. The maximum Gasteiger partial charge on any atom is 0.125 e. The van der Waals surface area contributed by atoms with Crippen LogP contribution in [0.4, 0.5) is 0 Å². The minimum atomic E-state index is 0.541. The van der Waals surface area contributed by atoms with Gasteiger partial charge in [0, 0.05) is 6.21 Å². The molecule has 2 heteroatoms. The van der Waals surface area contributed by atoms with Crippen LogP contribution in [0.15, 0.2) is 11.1 Å². The number of allylic oxidation sites excluding steroid dienone is 1. The number of hydrogen-bond donors (Lipinski definition) is 1. The van der Waals surface area contributed by atoms with Crippen molar-refractivity contribution in [2.24, 2.45) is 5.92 Å². The van der Waals surface area contributed by atoms with Gasteiger partial charge < -0.3 is 5.41 Å². The molecule has 0 aliphatic rings. The summed E-state index contributed by atoms with van der Waals surface area (Å²) < 4.78 is 0. The maximum atomic E-state index is 7.03. The minimum absolute atomic E-state index is 0.541. The zero-order chi connectivity index (χ0) is 8.15. The largest absolute Gasteiger partial charge is 0.308 e. The van der Waals surface area contributed by atoms with E-state index in [0.717, 1.165) is 11.3 Å². The second-order valence-corrected chi connectivity index (χ2v) is 3.04. The number of nitrogens with one attached hydrogen (secondary N) is 1. The van der Waals surface area contributed by atoms with Gasteiger partial charge in [-0.05, 0) is 36.6 Å². The molecule has 0 bridgehead atoms. The van der Waals surface area contributed by atoms with Crippen molar-refractivity contribution in [2.75, 3.05) is 5.75 Å². The Kier molecular flexibility index (Phi) is 4.45. The Bertz CT molecular complexity index is 147. The highest BCUT2D eigenvalue weighted by Crippen LogP contribution is 2.12. The van der Waals surface area contributed by atoms with Crippen LogP contribution in [0.1, 0.15) is 20.8 Å². The highest BCUT2D eigenvalue weighted by Gasteiger charge is 2.05. The molecular formula is C8H16NS+. The zero-order valence-electron chi connectivity index (χ0n) is 6.86. The van der Waals surface area contributed by atoms with Crippen molar-refractivity contribution in [3.8, 4) is 0 Å². The van der Waals surface area contributed by atoms with Crippen LogP contribution in [0.2, 0.25) is 0 Å². The van der Waals surface area contributed by atoms with Crippen LogP contribution in [0.25, 0.3) is 0 Å². The first-order chi connectivity index (χ1) is 4.63.